The molecule has 1 aliphatic rings. The Morgan fingerprint density at radius 1 is 0.778 bits per heavy atom. The number of carbonyl (C=O) groups is 1. The number of benzene rings is 3. The third-order valence-electron chi connectivity index (χ3n) is 6.45. The van der Waals surface area contributed by atoms with E-state index in [0.29, 0.717) is 47.4 Å². The van der Waals surface area contributed by atoms with Crippen molar-refractivity contribution in [3.63, 3.8) is 0 Å². The van der Waals surface area contributed by atoms with Gasteiger partial charge in [-0.2, -0.15) is 0 Å². The third-order valence-corrected chi connectivity index (χ3v) is 6.45. The van der Waals surface area contributed by atoms with E-state index in [4.69, 9.17) is 23.7 Å². The number of ether oxygens (including phenoxy) is 5. The van der Waals surface area contributed by atoms with Gasteiger partial charge < -0.3 is 33.9 Å². The Bertz CT molecular complexity index is 1260. The molecule has 36 heavy (non-hydrogen) atoms. The number of anilines is 1. The standard InChI is InChI=1S/C28H32N2O6/c1-17-7-9-22(32-2)21(13-17)29-28(31)30-12-11-18-14-25(35-5)26(36-6)16-20(18)27(30)19-8-10-23(33-3)24(15-19)34-4/h7-10,13-16,27H,11-12H2,1-6H3,(H,29,31). The number of nitrogens with zero attached hydrogens (tertiary/aromatic N) is 1. The van der Waals surface area contributed by atoms with Gasteiger partial charge in [0.2, 0.25) is 0 Å². The molecule has 0 spiro atoms. The van der Waals surface area contributed by atoms with Gasteiger partial charge in [-0.3, -0.25) is 0 Å². The predicted octanol–water partition coefficient (Wildman–Crippen LogP) is 5.22. The molecule has 2 amide bonds. The monoisotopic (exact) mass is 492 g/mol. The van der Waals surface area contributed by atoms with E-state index in [2.05, 4.69) is 5.32 Å². The lowest BCUT2D eigenvalue weighted by Crippen LogP contribution is -2.43. The van der Waals surface area contributed by atoms with Crippen molar-refractivity contribution in [1.29, 1.82) is 0 Å². The highest BCUT2D eigenvalue weighted by Gasteiger charge is 2.34. The molecular formula is C28H32N2O6. The minimum absolute atomic E-state index is 0.237. The Morgan fingerprint density at radius 2 is 1.39 bits per heavy atom. The summed E-state index contributed by atoms with van der Waals surface area (Å²) >= 11 is 0. The van der Waals surface area contributed by atoms with Crippen molar-refractivity contribution < 1.29 is 28.5 Å². The summed E-state index contributed by atoms with van der Waals surface area (Å²) in [6.07, 6.45) is 0.665. The van der Waals surface area contributed by atoms with E-state index in [1.807, 2.05) is 60.4 Å². The van der Waals surface area contributed by atoms with E-state index in [0.717, 1.165) is 22.3 Å². The van der Waals surface area contributed by atoms with Gasteiger partial charge in [0.15, 0.2) is 23.0 Å². The van der Waals surface area contributed by atoms with Gasteiger partial charge in [-0.25, -0.2) is 4.79 Å². The molecule has 1 atom stereocenters. The summed E-state index contributed by atoms with van der Waals surface area (Å²) in [7, 11) is 8.00. The average molecular weight is 493 g/mol. The molecule has 1 heterocycles. The Kier molecular flexibility index (Phi) is 7.43. The average Bonchev–Trinajstić information content (AvgIpc) is 2.91. The maximum atomic E-state index is 13.7. The number of rotatable bonds is 7. The fourth-order valence-electron chi connectivity index (χ4n) is 4.65. The van der Waals surface area contributed by atoms with Crippen LogP contribution in [0.3, 0.4) is 0 Å². The van der Waals surface area contributed by atoms with Crippen LogP contribution in [0.5, 0.6) is 28.7 Å². The summed E-state index contributed by atoms with van der Waals surface area (Å²) in [6.45, 7) is 2.47. The van der Waals surface area contributed by atoms with Gasteiger partial charge in [0.05, 0.1) is 47.3 Å². The topological polar surface area (TPSA) is 78.5 Å². The van der Waals surface area contributed by atoms with Crippen LogP contribution < -0.4 is 29.0 Å². The van der Waals surface area contributed by atoms with E-state index in [9.17, 15) is 4.79 Å². The molecule has 8 nitrogen and oxygen atoms in total. The second kappa shape index (κ2) is 10.7. The van der Waals surface area contributed by atoms with E-state index < -0.39 is 6.04 Å². The van der Waals surface area contributed by atoms with Crippen LogP contribution in [-0.2, 0) is 6.42 Å². The number of hydrogen-bond acceptors (Lipinski definition) is 6. The van der Waals surface area contributed by atoms with Gasteiger partial charge >= 0.3 is 6.03 Å². The fourth-order valence-corrected chi connectivity index (χ4v) is 4.65. The minimum Gasteiger partial charge on any atom is -0.495 e. The molecule has 0 saturated heterocycles. The summed E-state index contributed by atoms with van der Waals surface area (Å²) in [5.74, 6) is 3.06. The second-order valence-corrected chi connectivity index (χ2v) is 8.50. The lowest BCUT2D eigenvalue weighted by molar-refractivity contribution is 0.193. The Hall–Kier alpha value is -4.07. The van der Waals surface area contributed by atoms with Gasteiger partial charge in [0.1, 0.15) is 5.75 Å². The summed E-state index contributed by atoms with van der Waals surface area (Å²) in [4.78, 5) is 15.6. The van der Waals surface area contributed by atoms with Crippen LogP contribution in [0.4, 0.5) is 10.5 Å². The van der Waals surface area contributed by atoms with Gasteiger partial charge in [0, 0.05) is 6.54 Å². The molecule has 3 aromatic rings. The minimum atomic E-state index is -0.399. The Morgan fingerprint density at radius 3 is 2.06 bits per heavy atom. The molecule has 190 valence electrons. The number of methoxy groups -OCH3 is 5. The van der Waals surface area contributed by atoms with E-state index in [1.54, 1.807) is 35.5 Å². The highest BCUT2D eigenvalue weighted by Crippen LogP contribution is 2.43. The third kappa shape index (κ3) is 4.71. The first-order valence-electron chi connectivity index (χ1n) is 11.6. The lowest BCUT2D eigenvalue weighted by Gasteiger charge is -2.38. The molecule has 0 bridgehead atoms. The number of amides is 2. The van der Waals surface area contributed by atoms with Crippen LogP contribution in [0.1, 0.15) is 28.3 Å². The SMILES string of the molecule is COc1ccc(C)cc1NC(=O)N1CCc2cc(OC)c(OC)cc2C1c1ccc(OC)c(OC)c1. The number of aryl methyl sites for hydroxylation is 1. The molecular weight excluding hydrogens is 460 g/mol. The number of hydrogen-bond donors (Lipinski definition) is 1. The van der Waals surface area contributed by atoms with Crippen molar-refractivity contribution in [3.05, 3.63) is 70.8 Å². The highest BCUT2D eigenvalue weighted by atomic mass is 16.5. The number of carbonyl (C=O) groups excluding carboxylic acids is 1. The van der Waals surface area contributed by atoms with Crippen LogP contribution in [0, 0.1) is 6.92 Å². The van der Waals surface area contributed by atoms with Crippen molar-refractivity contribution in [2.75, 3.05) is 47.4 Å². The highest BCUT2D eigenvalue weighted by molar-refractivity contribution is 5.92. The molecule has 1 N–H and O–H groups in total. The maximum absolute atomic E-state index is 13.7. The van der Waals surface area contributed by atoms with Crippen LogP contribution in [0.25, 0.3) is 0 Å². The normalized spacial score (nSPS) is 14.5. The largest absolute Gasteiger partial charge is 0.495 e. The molecule has 0 saturated carbocycles. The molecule has 8 heteroatoms. The number of nitrogens with one attached hydrogen (secondary N) is 1. The van der Waals surface area contributed by atoms with Crippen molar-refractivity contribution >= 4 is 11.7 Å². The van der Waals surface area contributed by atoms with Crippen LogP contribution in [0.15, 0.2) is 48.5 Å². The summed E-state index contributed by atoms with van der Waals surface area (Å²) in [5, 5.41) is 3.05. The summed E-state index contributed by atoms with van der Waals surface area (Å²) < 4.78 is 27.6. The molecule has 4 rings (SSSR count). The molecule has 0 aliphatic carbocycles. The van der Waals surface area contributed by atoms with Crippen LogP contribution >= 0.6 is 0 Å². The summed E-state index contributed by atoms with van der Waals surface area (Å²) in [6, 6.07) is 14.7. The van der Waals surface area contributed by atoms with Gasteiger partial charge in [-0.1, -0.05) is 12.1 Å². The zero-order valence-corrected chi connectivity index (χ0v) is 21.5. The number of urea groups is 1. The van der Waals surface area contributed by atoms with Crippen LogP contribution in [0.2, 0.25) is 0 Å². The molecule has 0 fully saturated rings. The predicted molar refractivity (Wildman–Crippen MR) is 138 cm³/mol. The van der Waals surface area contributed by atoms with Crippen molar-refractivity contribution in [2.45, 2.75) is 19.4 Å². The Balaban J connectivity index is 1.82. The van der Waals surface area contributed by atoms with E-state index >= 15 is 0 Å². The van der Waals surface area contributed by atoms with E-state index in [1.165, 1.54) is 0 Å². The lowest BCUT2D eigenvalue weighted by atomic mass is 9.87. The van der Waals surface area contributed by atoms with Crippen LogP contribution in [-0.4, -0.2) is 53.0 Å². The molecule has 1 aliphatic heterocycles. The zero-order chi connectivity index (χ0) is 25.8. The maximum Gasteiger partial charge on any atom is 0.322 e. The van der Waals surface area contributed by atoms with Gasteiger partial charge in [0.25, 0.3) is 0 Å². The molecule has 0 aromatic heterocycles. The van der Waals surface area contributed by atoms with Gasteiger partial charge in [-0.05, 0) is 72.0 Å². The smallest absolute Gasteiger partial charge is 0.322 e. The Labute approximate surface area is 211 Å². The first-order chi connectivity index (χ1) is 17.4. The number of fused-ring (bicyclic) bond motifs is 1. The zero-order valence-electron chi connectivity index (χ0n) is 21.5. The van der Waals surface area contributed by atoms with Crippen molar-refractivity contribution in [3.8, 4) is 28.7 Å². The molecule has 3 aromatic carbocycles. The van der Waals surface area contributed by atoms with E-state index in [-0.39, 0.29) is 6.03 Å². The van der Waals surface area contributed by atoms with Gasteiger partial charge in [-0.15, -0.1) is 0 Å². The quantitative estimate of drug-likeness (QED) is 0.487. The van der Waals surface area contributed by atoms with Crippen molar-refractivity contribution in [1.82, 2.24) is 4.90 Å². The summed E-state index contributed by atoms with van der Waals surface area (Å²) in [5.41, 5.74) is 4.56. The first kappa shape index (κ1) is 25.0. The second-order valence-electron chi connectivity index (χ2n) is 8.50. The van der Waals surface area contributed by atoms with Crippen molar-refractivity contribution in [2.24, 2.45) is 0 Å². The first-order valence-corrected chi connectivity index (χ1v) is 11.6. The molecule has 0 radical (unpaired) electrons. The molecule has 1 unspecified atom stereocenters. The fraction of sp³-hybridized carbons (Fsp3) is 0.321.